The second kappa shape index (κ2) is 8.27. The van der Waals surface area contributed by atoms with Crippen LogP contribution in [0.1, 0.15) is 44.9 Å². The van der Waals surface area contributed by atoms with Crippen LogP contribution in [0, 0.1) is 11.3 Å². The molecule has 1 aliphatic heterocycles. The lowest BCUT2D eigenvalue weighted by Crippen LogP contribution is -2.50. The van der Waals surface area contributed by atoms with E-state index in [9.17, 15) is 18.5 Å². The van der Waals surface area contributed by atoms with Gasteiger partial charge in [0.05, 0.1) is 15.3 Å². The standard InChI is InChI=1S/C21H23N3O3S2/c22-15-17-7-4-5-9-20(17)29(26,27)24-12-10-23(11-13-24)21(25)19-14-16-6-2-1-3-8-18(16)28-19/h4-5,7,9,14H,1-3,6,8,10-13H2. The molecule has 2 aromatic rings. The lowest BCUT2D eigenvalue weighted by Gasteiger charge is -2.33. The number of sulfonamides is 1. The number of benzene rings is 1. The highest BCUT2D eigenvalue weighted by molar-refractivity contribution is 7.89. The number of hydrogen-bond acceptors (Lipinski definition) is 5. The van der Waals surface area contributed by atoms with Crippen molar-refractivity contribution in [1.82, 2.24) is 9.21 Å². The molecule has 2 aliphatic rings. The summed E-state index contributed by atoms with van der Waals surface area (Å²) in [6, 6.07) is 10.2. The molecule has 0 saturated carbocycles. The SMILES string of the molecule is N#Cc1ccccc1S(=O)(=O)N1CCN(C(=O)c2cc3c(s2)CCCCC3)CC1. The van der Waals surface area contributed by atoms with Gasteiger partial charge < -0.3 is 4.90 Å². The fraction of sp³-hybridized carbons (Fsp3) is 0.429. The van der Waals surface area contributed by atoms with Gasteiger partial charge in [-0.1, -0.05) is 18.6 Å². The molecule has 0 bridgehead atoms. The Morgan fingerprint density at radius 2 is 1.76 bits per heavy atom. The fourth-order valence-corrected chi connectivity index (χ4v) is 6.77. The van der Waals surface area contributed by atoms with Crippen molar-refractivity contribution in [1.29, 1.82) is 5.26 Å². The van der Waals surface area contributed by atoms with Gasteiger partial charge in [-0.15, -0.1) is 11.3 Å². The van der Waals surface area contributed by atoms with E-state index < -0.39 is 10.0 Å². The molecule has 1 fully saturated rings. The third-order valence-electron chi connectivity index (χ3n) is 5.61. The minimum absolute atomic E-state index is 0.00227. The molecule has 4 rings (SSSR count). The Labute approximate surface area is 175 Å². The lowest BCUT2D eigenvalue weighted by molar-refractivity contribution is 0.0702. The van der Waals surface area contributed by atoms with Crippen molar-refractivity contribution in [2.24, 2.45) is 0 Å². The highest BCUT2D eigenvalue weighted by Crippen LogP contribution is 2.30. The molecule has 29 heavy (non-hydrogen) atoms. The highest BCUT2D eigenvalue weighted by Gasteiger charge is 2.32. The smallest absolute Gasteiger partial charge is 0.264 e. The molecule has 8 heteroatoms. The number of carbonyl (C=O) groups excluding carboxylic acids is 1. The molecule has 0 atom stereocenters. The van der Waals surface area contributed by atoms with E-state index in [2.05, 4.69) is 0 Å². The Hall–Kier alpha value is -2.21. The summed E-state index contributed by atoms with van der Waals surface area (Å²) in [4.78, 5) is 16.8. The third-order valence-corrected chi connectivity index (χ3v) is 8.79. The minimum Gasteiger partial charge on any atom is -0.335 e. The molecule has 0 N–H and O–H groups in total. The van der Waals surface area contributed by atoms with E-state index in [4.69, 9.17) is 0 Å². The molecular formula is C21H23N3O3S2. The van der Waals surface area contributed by atoms with Gasteiger partial charge in [0, 0.05) is 31.1 Å². The van der Waals surface area contributed by atoms with Crippen LogP contribution in [0.3, 0.4) is 0 Å². The van der Waals surface area contributed by atoms with Gasteiger partial charge >= 0.3 is 0 Å². The zero-order valence-electron chi connectivity index (χ0n) is 16.1. The Balaban J connectivity index is 1.45. The van der Waals surface area contributed by atoms with E-state index in [1.54, 1.807) is 28.4 Å². The summed E-state index contributed by atoms with van der Waals surface area (Å²) in [5.41, 5.74) is 1.45. The molecule has 2 heterocycles. The van der Waals surface area contributed by atoms with Crippen LogP contribution in [-0.4, -0.2) is 49.7 Å². The number of nitrogens with zero attached hydrogens (tertiary/aromatic N) is 3. The lowest BCUT2D eigenvalue weighted by atomic mass is 10.1. The average molecular weight is 430 g/mol. The molecule has 152 valence electrons. The first-order valence-corrected chi connectivity index (χ1v) is 12.2. The van der Waals surface area contributed by atoms with E-state index in [0.29, 0.717) is 13.1 Å². The van der Waals surface area contributed by atoms with Gasteiger partial charge in [0.25, 0.3) is 5.91 Å². The first-order valence-electron chi connectivity index (χ1n) is 9.91. The zero-order valence-corrected chi connectivity index (χ0v) is 17.8. The Bertz CT molecular complexity index is 1040. The summed E-state index contributed by atoms with van der Waals surface area (Å²) in [6.07, 6.45) is 5.71. The van der Waals surface area contributed by atoms with Gasteiger partial charge in [0.15, 0.2) is 0 Å². The number of thiophene rings is 1. The van der Waals surface area contributed by atoms with Gasteiger partial charge in [-0.3, -0.25) is 4.79 Å². The average Bonchev–Trinajstić information content (AvgIpc) is 3.03. The van der Waals surface area contributed by atoms with Gasteiger partial charge in [-0.05, 0) is 49.4 Å². The number of rotatable bonds is 3. The second-order valence-electron chi connectivity index (χ2n) is 7.42. The summed E-state index contributed by atoms with van der Waals surface area (Å²) >= 11 is 1.60. The summed E-state index contributed by atoms with van der Waals surface area (Å²) in [6.45, 7) is 1.18. The van der Waals surface area contributed by atoms with Gasteiger partial charge in [-0.25, -0.2) is 8.42 Å². The molecule has 6 nitrogen and oxygen atoms in total. The van der Waals surface area contributed by atoms with Gasteiger partial charge in [0.2, 0.25) is 10.0 Å². The Kier molecular flexibility index (Phi) is 5.72. The maximum absolute atomic E-state index is 13.0. The predicted octanol–water partition coefficient (Wildman–Crippen LogP) is 3.04. The molecule has 1 aromatic carbocycles. The van der Waals surface area contributed by atoms with Crippen molar-refractivity contribution in [2.45, 2.75) is 37.0 Å². The monoisotopic (exact) mass is 429 g/mol. The van der Waals surface area contributed by atoms with E-state index in [-0.39, 0.29) is 29.5 Å². The molecule has 0 spiro atoms. The number of aryl methyl sites for hydroxylation is 2. The van der Waals surface area contributed by atoms with E-state index in [0.717, 1.165) is 17.7 Å². The highest BCUT2D eigenvalue weighted by atomic mass is 32.2. The van der Waals surface area contributed by atoms with Crippen LogP contribution in [0.5, 0.6) is 0 Å². The van der Waals surface area contributed by atoms with Crippen molar-refractivity contribution in [2.75, 3.05) is 26.2 Å². The number of nitriles is 1. The normalized spacial score (nSPS) is 18.0. The van der Waals surface area contributed by atoms with Crippen molar-refractivity contribution < 1.29 is 13.2 Å². The van der Waals surface area contributed by atoms with Crippen LogP contribution in [0.2, 0.25) is 0 Å². The number of piperazine rings is 1. The third kappa shape index (κ3) is 3.95. The van der Waals surface area contributed by atoms with Crippen LogP contribution in [0.4, 0.5) is 0 Å². The summed E-state index contributed by atoms with van der Waals surface area (Å²) < 4.78 is 27.3. The number of carbonyl (C=O) groups is 1. The van der Waals surface area contributed by atoms with Crippen molar-refractivity contribution >= 4 is 27.3 Å². The van der Waals surface area contributed by atoms with Crippen LogP contribution >= 0.6 is 11.3 Å². The molecule has 1 amide bonds. The van der Waals surface area contributed by atoms with Crippen LogP contribution in [0.25, 0.3) is 0 Å². The Morgan fingerprint density at radius 1 is 1.03 bits per heavy atom. The summed E-state index contributed by atoms with van der Waals surface area (Å²) in [5, 5.41) is 9.22. The molecule has 1 aliphatic carbocycles. The molecule has 0 radical (unpaired) electrons. The first kappa shape index (κ1) is 20.1. The fourth-order valence-electron chi connectivity index (χ4n) is 3.98. The predicted molar refractivity (Wildman–Crippen MR) is 111 cm³/mol. The van der Waals surface area contributed by atoms with E-state index in [1.807, 2.05) is 12.1 Å². The molecule has 0 unspecified atom stereocenters. The second-order valence-corrected chi connectivity index (χ2v) is 10.5. The quantitative estimate of drug-likeness (QED) is 0.703. The van der Waals surface area contributed by atoms with E-state index in [1.165, 1.54) is 46.1 Å². The molecular weight excluding hydrogens is 406 g/mol. The number of hydrogen-bond donors (Lipinski definition) is 0. The Morgan fingerprint density at radius 3 is 2.52 bits per heavy atom. The van der Waals surface area contributed by atoms with Crippen LogP contribution in [0.15, 0.2) is 35.2 Å². The van der Waals surface area contributed by atoms with E-state index >= 15 is 0 Å². The minimum atomic E-state index is -3.75. The van der Waals surface area contributed by atoms with Gasteiger partial charge in [-0.2, -0.15) is 9.57 Å². The van der Waals surface area contributed by atoms with Gasteiger partial charge in [0.1, 0.15) is 6.07 Å². The number of amides is 1. The topological polar surface area (TPSA) is 81.5 Å². The van der Waals surface area contributed by atoms with Crippen molar-refractivity contribution in [3.63, 3.8) is 0 Å². The molecule has 1 saturated heterocycles. The maximum Gasteiger partial charge on any atom is 0.264 e. The van der Waals surface area contributed by atoms with Crippen molar-refractivity contribution in [3.8, 4) is 6.07 Å². The first-order chi connectivity index (χ1) is 14.0. The zero-order chi connectivity index (χ0) is 20.4. The maximum atomic E-state index is 13.0. The summed E-state index contributed by atoms with van der Waals surface area (Å²) in [7, 11) is -3.75. The van der Waals surface area contributed by atoms with Crippen molar-refractivity contribution in [3.05, 3.63) is 51.2 Å². The summed E-state index contributed by atoms with van der Waals surface area (Å²) in [5.74, 6) is -0.00227. The van der Waals surface area contributed by atoms with Crippen LogP contribution in [-0.2, 0) is 22.9 Å². The number of fused-ring (bicyclic) bond motifs is 1. The van der Waals surface area contributed by atoms with Crippen LogP contribution < -0.4 is 0 Å². The molecule has 1 aromatic heterocycles. The largest absolute Gasteiger partial charge is 0.335 e.